The third-order valence-electron chi connectivity index (χ3n) is 5.21. The highest BCUT2D eigenvalue weighted by molar-refractivity contribution is 7.07. The summed E-state index contributed by atoms with van der Waals surface area (Å²) in [5, 5.41) is 17.4. The van der Waals surface area contributed by atoms with Gasteiger partial charge in [-0.1, -0.05) is 5.92 Å². The van der Waals surface area contributed by atoms with Gasteiger partial charge in [0.25, 0.3) is 11.5 Å². The molecule has 3 rings (SSSR count). The molecule has 1 aliphatic rings. The van der Waals surface area contributed by atoms with Gasteiger partial charge in [-0.2, -0.15) is 5.26 Å². The number of terminal acetylenes is 1. The van der Waals surface area contributed by atoms with Crippen molar-refractivity contribution >= 4 is 46.3 Å². The van der Waals surface area contributed by atoms with Crippen molar-refractivity contribution in [1.82, 2.24) is 14.8 Å². The van der Waals surface area contributed by atoms with Gasteiger partial charge in [0, 0.05) is 31.5 Å². The summed E-state index contributed by atoms with van der Waals surface area (Å²) in [6, 6.07) is 5.90. The number of nitrogens with one attached hydrogen (secondary N) is 3. The topological polar surface area (TPSA) is 128 Å². The molecule has 0 unspecified atom stereocenters. The van der Waals surface area contributed by atoms with Crippen LogP contribution in [0.2, 0.25) is 0 Å². The smallest absolute Gasteiger partial charge is 0.270 e. The number of nitriles is 1. The van der Waals surface area contributed by atoms with Crippen LogP contribution in [-0.4, -0.2) is 60.7 Å². The van der Waals surface area contributed by atoms with Gasteiger partial charge in [0.15, 0.2) is 5.57 Å². The summed E-state index contributed by atoms with van der Waals surface area (Å²) in [5.74, 6) is 0.629. The van der Waals surface area contributed by atoms with E-state index in [2.05, 4.69) is 21.9 Å². The first kappa shape index (κ1) is 26.6. The predicted octanol–water partition coefficient (Wildman–Crippen LogP) is -0.387. The summed E-state index contributed by atoms with van der Waals surface area (Å²) >= 11 is 0.963. The fraction of sp³-hybridized carbons (Fsp3) is 0.333. The number of anilines is 2. The normalized spacial score (nSPS) is 14.9. The van der Waals surface area contributed by atoms with Crippen LogP contribution in [0.4, 0.5) is 15.8 Å². The molecule has 12 heteroatoms. The third kappa shape index (κ3) is 6.58. The molecule has 188 valence electrons. The first-order valence-electron chi connectivity index (χ1n) is 11.1. The van der Waals surface area contributed by atoms with Crippen LogP contribution in [0.1, 0.15) is 6.92 Å². The highest BCUT2D eigenvalue weighted by atomic mass is 32.1. The Morgan fingerprint density at radius 3 is 2.75 bits per heavy atom. The molecule has 1 saturated heterocycles. The molecular weight excluding hydrogens is 487 g/mol. The van der Waals surface area contributed by atoms with Gasteiger partial charge in [-0.05, 0) is 25.1 Å². The van der Waals surface area contributed by atoms with Crippen LogP contribution in [0.3, 0.4) is 0 Å². The molecule has 1 aliphatic heterocycles. The largest absolute Gasteiger partial charge is 0.379 e. The molecule has 0 spiro atoms. The summed E-state index contributed by atoms with van der Waals surface area (Å²) in [4.78, 5) is 39.4. The molecule has 2 heterocycles. The lowest BCUT2D eigenvalue weighted by atomic mass is 10.2. The fourth-order valence-corrected chi connectivity index (χ4v) is 4.51. The van der Waals surface area contributed by atoms with Crippen molar-refractivity contribution in [3.05, 3.63) is 43.6 Å². The second-order valence-electron chi connectivity index (χ2n) is 7.61. The van der Waals surface area contributed by atoms with Crippen LogP contribution in [0.5, 0.6) is 0 Å². The van der Waals surface area contributed by atoms with Gasteiger partial charge in [-0.3, -0.25) is 23.9 Å². The minimum atomic E-state index is -0.672. The molecule has 0 bridgehead atoms. The molecule has 1 aromatic carbocycles. The Labute approximate surface area is 210 Å². The van der Waals surface area contributed by atoms with Crippen LogP contribution >= 0.6 is 11.3 Å². The number of thiazole rings is 1. The van der Waals surface area contributed by atoms with Crippen LogP contribution < -0.4 is 30.7 Å². The number of rotatable bonds is 8. The maximum absolute atomic E-state index is 14.3. The predicted molar refractivity (Wildman–Crippen MR) is 135 cm³/mol. The van der Waals surface area contributed by atoms with E-state index in [1.165, 1.54) is 29.0 Å². The van der Waals surface area contributed by atoms with Crippen LogP contribution in [0.25, 0.3) is 11.8 Å². The SMILES string of the molecule is C#CCNC(=O)/C(C#N)=c1\s/c(=C/Nc2ccc(F)c(NC(=O)CN3CCOCC3)c2)c(=O)n1CC. The van der Waals surface area contributed by atoms with E-state index in [0.717, 1.165) is 11.3 Å². The molecule has 0 atom stereocenters. The third-order valence-corrected chi connectivity index (χ3v) is 6.34. The number of amides is 2. The molecular formula is C24H25FN6O4S. The molecule has 0 saturated carbocycles. The van der Waals surface area contributed by atoms with Crippen LogP contribution in [-0.2, 0) is 20.9 Å². The Morgan fingerprint density at radius 1 is 1.33 bits per heavy atom. The molecule has 2 amide bonds. The molecule has 0 aliphatic carbocycles. The standard InChI is InChI=1S/C24H25FN6O4S/c1-3-7-27-22(33)17(13-26)24-31(4-2)23(34)20(36-24)14-28-16-5-6-18(25)19(12-16)29-21(32)15-30-8-10-35-11-9-30/h1,5-6,12,14,28H,4,7-11,15H2,2H3,(H,27,33)(H,29,32)/b20-14+,24-17-. The Bertz CT molecular complexity index is 1400. The fourth-order valence-electron chi connectivity index (χ4n) is 3.42. The van der Waals surface area contributed by atoms with E-state index in [1.54, 1.807) is 6.92 Å². The number of benzene rings is 1. The number of hydrogen-bond acceptors (Lipinski definition) is 8. The van der Waals surface area contributed by atoms with Crippen molar-refractivity contribution in [2.75, 3.05) is 50.0 Å². The van der Waals surface area contributed by atoms with Gasteiger partial charge in [0.1, 0.15) is 21.1 Å². The zero-order valence-corrected chi connectivity index (χ0v) is 20.4. The second-order valence-corrected chi connectivity index (χ2v) is 8.65. The molecule has 2 aromatic rings. The van der Waals surface area contributed by atoms with Gasteiger partial charge in [0.2, 0.25) is 5.91 Å². The lowest BCUT2D eigenvalue weighted by molar-refractivity contribution is -0.118. The van der Waals surface area contributed by atoms with E-state index < -0.39 is 17.3 Å². The Morgan fingerprint density at radius 2 is 2.08 bits per heavy atom. The summed E-state index contributed by atoms with van der Waals surface area (Å²) < 4.78 is 21.3. The van der Waals surface area contributed by atoms with Crippen molar-refractivity contribution in [3.8, 4) is 18.4 Å². The summed E-state index contributed by atoms with van der Waals surface area (Å²) in [6.45, 7) is 4.36. The van der Waals surface area contributed by atoms with Gasteiger partial charge in [0.05, 0.1) is 32.0 Å². The zero-order chi connectivity index (χ0) is 26.1. The lowest BCUT2D eigenvalue weighted by Crippen LogP contribution is -2.41. The van der Waals surface area contributed by atoms with E-state index in [0.29, 0.717) is 32.0 Å². The summed E-state index contributed by atoms with van der Waals surface area (Å²) in [5.41, 5.74) is -0.203. The number of carbonyl (C=O) groups excluding carboxylic acids is 2. The second kappa shape index (κ2) is 12.7. The van der Waals surface area contributed by atoms with Crippen LogP contribution in [0.15, 0.2) is 23.0 Å². The van der Waals surface area contributed by atoms with Crippen molar-refractivity contribution in [2.45, 2.75) is 13.5 Å². The molecule has 36 heavy (non-hydrogen) atoms. The highest BCUT2D eigenvalue weighted by Crippen LogP contribution is 2.19. The molecule has 1 fully saturated rings. The molecule has 1 aromatic heterocycles. The van der Waals surface area contributed by atoms with Crippen molar-refractivity contribution in [3.63, 3.8) is 0 Å². The lowest BCUT2D eigenvalue weighted by Gasteiger charge is -2.25. The van der Waals surface area contributed by atoms with Crippen LogP contribution in [0, 0.1) is 29.5 Å². The monoisotopic (exact) mass is 512 g/mol. The number of hydrogen-bond donors (Lipinski definition) is 3. The van der Waals surface area contributed by atoms with Gasteiger partial charge in [-0.25, -0.2) is 4.39 Å². The number of aromatic nitrogens is 1. The highest BCUT2D eigenvalue weighted by Gasteiger charge is 2.16. The number of halogens is 1. The number of nitrogens with zero attached hydrogens (tertiary/aromatic N) is 3. The van der Waals surface area contributed by atoms with E-state index in [-0.39, 0.29) is 46.0 Å². The van der Waals surface area contributed by atoms with E-state index in [4.69, 9.17) is 11.2 Å². The Hall–Kier alpha value is -3.97. The Balaban J connectivity index is 1.84. The minimum absolute atomic E-state index is 0.00483. The van der Waals surface area contributed by atoms with Crippen molar-refractivity contribution in [1.29, 1.82) is 5.26 Å². The summed E-state index contributed by atoms with van der Waals surface area (Å²) in [7, 11) is 0. The molecule has 0 radical (unpaired) electrons. The quantitative estimate of drug-likeness (QED) is 0.411. The first-order valence-corrected chi connectivity index (χ1v) is 11.9. The summed E-state index contributed by atoms with van der Waals surface area (Å²) in [6.07, 6.45) is 6.56. The van der Waals surface area contributed by atoms with Crippen molar-refractivity contribution in [2.24, 2.45) is 0 Å². The molecule has 3 N–H and O–H groups in total. The Kier molecular flexibility index (Phi) is 9.36. The van der Waals surface area contributed by atoms with E-state index >= 15 is 0 Å². The van der Waals surface area contributed by atoms with Crippen molar-refractivity contribution < 1.29 is 18.7 Å². The van der Waals surface area contributed by atoms with E-state index in [9.17, 15) is 24.0 Å². The maximum Gasteiger partial charge on any atom is 0.270 e. The first-order chi connectivity index (χ1) is 17.4. The van der Waals surface area contributed by atoms with Gasteiger partial charge in [-0.15, -0.1) is 17.8 Å². The van der Waals surface area contributed by atoms with Gasteiger partial charge >= 0.3 is 0 Å². The number of carbonyl (C=O) groups is 2. The number of morpholine rings is 1. The average Bonchev–Trinajstić information content (AvgIpc) is 3.18. The van der Waals surface area contributed by atoms with E-state index in [1.807, 2.05) is 11.0 Å². The maximum atomic E-state index is 14.3. The minimum Gasteiger partial charge on any atom is -0.379 e. The van der Waals surface area contributed by atoms with Gasteiger partial charge < -0.3 is 20.7 Å². The molecule has 10 nitrogen and oxygen atoms in total. The zero-order valence-electron chi connectivity index (χ0n) is 19.6. The average molecular weight is 513 g/mol. The number of ether oxygens (including phenoxy) is 1.